The number of benzene rings is 2. The van der Waals surface area contributed by atoms with Gasteiger partial charge in [-0.05, 0) is 41.6 Å². The fourth-order valence-electron chi connectivity index (χ4n) is 3.14. The zero-order valence-electron chi connectivity index (χ0n) is 16.2. The van der Waals surface area contributed by atoms with Gasteiger partial charge in [0.25, 0.3) is 0 Å². The normalized spacial score (nSPS) is 15.7. The summed E-state index contributed by atoms with van der Waals surface area (Å²) in [5, 5.41) is 12.5. The summed E-state index contributed by atoms with van der Waals surface area (Å²) in [7, 11) is -3.92. The van der Waals surface area contributed by atoms with Gasteiger partial charge in [-0.1, -0.05) is 35.0 Å². The van der Waals surface area contributed by atoms with Crippen LogP contribution in [0.3, 0.4) is 0 Å². The molecule has 1 fully saturated rings. The van der Waals surface area contributed by atoms with E-state index in [0.717, 1.165) is 0 Å². The maximum atomic E-state index is 13.4. The van der Waals surface area contributed by atoms with E-state index < -0.39 is 16.0 Å². The lowest BCUT2D eigenvalue weighted by atomic mass is 10.3. The number of rotatable bonds is 8. The summed E-state index contributed by atoms with van der Waals surface area (Å²) in [5.74, 6) is -0.893. The third-order valence-electron chi connectivity index (χ3n) is 4.69. The largest absolute Gasteiger partial charge is 0.481 e. The number of aliphatic carboxylic acids is 1. The molecule has 166 valence electrons. The number of nitrogens with zero attached hydrogens (tertiary/aromatic N) is 3. The van der Waals surface area contributed by atoms with E-state index in [1.807, 2.05) is 4.90 Å². The SMILES string of the molecule is O=Nc1ccc(Sc2cc(Cl)cc(Cl)c2)c(S(=O)(=O)N2CCN(CCC(=O)O)CC2)c1. The highest BCUT2D eigenvalue weighted by atomic mass is 35.5. The molecule has 2 aromatic rings. The molecule has 0 aromatic heterocycles. The van der Waals surface area contributed by atoms with Gasteiger partial charge in [-0.2, -0.15) is 4.31 Å². The van der Waals surface area contributed by atoms with Crippen molar-refractivity contribution in [1.82, 2.24) is 9.21 Å². The Morgan fingerprint density at radius 1 is 1.06 bits per heavy atom. The molecule has 31 heavy (non-hydrogen) atoms. The van der Waals surface area contributed by atoms with Crippen LogP contribution in [0.2, 0.25) is 10.0 Å². The molecular weight excluding hydrogens is 485 g/mol. The summed E-state index contributed by atoms with van der Waals surface area (Å²) < 4.78 is 28.1. The van der Waals surface area contributed by atoms with E-state index in [-0.39, 0.29) is 30.1 Å². The van der Waals surface area contributed by atoms with Crippen molar-refractivity contribution in [1.29, 1.82) is 0 Å². The minimum atomic E-state index is -3.92. The first-order chi connectivity index (χ1) is 14.7. The van der Waals surface area contributed by atoms with Gasteiger partial charge in [0.15, 0.2) is 0 Å². The van der Waals surface area contributed by atoms with Crippen LogP contribution in [0.5, 0.6) is 0 Å². The molecule has 1 aliphatic rings. The third kappa shape index (κ3) is 6.18. The summed E-state index contributed by atoms with van der Waals surface area (Å²) in [6.07, 6.45) is 0.00276. The molecule has 0 radical (unpaired) electrons. The minimum Gasteiger partial charge on any atom is -0.481 e. The molecule has 0 saturated carbocycles. The Balaban J connectivity index is 1.86. The monoisotopic (exact) mass is 503 g/mol. The summed E-state index contributed by atoms with van der Waals surface area (Å²) in [5.41, 5.74) is 0.00662. The predicted molar refractivity (Wildman–Crippen MR) is 120 cm³/mol. The molecule has 1 aliphatic heterocycles. The number of piperazine rings is 1. The predicted octanol–water partition coefficient (Wildman–Crippen LogP) is 4.32. The lowest BCUT2D eigenvalue weighted by Crippen LogP contribution is -2.49. The van der Waals surface area contributed by atoms with E-state index in [4.69, 9.17) is 28.3 Å². The average molecular weight is 504 g/mol. The van der Waals surface area contributed by atoms with Crippen LogP contribution in [-0.4, -0.2) is 61.4 Å². The van der Waals surface area contributed by atoms with Crippen LogP contribution in [0.15, 0.2) is 56.3 Å². The van der Waals surface area contributed by atoms with E-state index in [2.05, 4.69) is 5.18 Å². The minimum absolute atomic E-state index is 0.00276. The first-order valence-corrected chi connectivity index (χ1v) is 12.3. The third-order valence-corrected chi connectivity index (χ3v) is 8.24. The number of nitroso groups, excluding NO2 is 1. The van der Waals surface area contributed by atoms with Crippen molar-refractivity contribution in [2.24, 2.45) is 5.18 Å². The van der Waals surface area contributed by atoms with Crippen LogP contribution < -0.4 is 0 Å². The van der Waals surface area contributed by atoms with Crippen molar-refractivity contribution < 1.29 is 18.3 Å². The highest BCUT2D eigenvalue weighted by molar-refractivity contribution is 8.00. The molecule has 3 rings (SSSR count). The average Bonchev–Trinajstić information content (AvgIpc) is 2.72. The fourth-order valence-corrected chi connectivity index (χ4v) is 6.67. The van der Waals surface area contributed by atoms with Gasteiger partial charge in [-0.3, -0.25) is 4.79 Å². The van der Waals surface area contributed by atoms with Crippen molar-refractivity contribution in [2.45, 2.75) is 21.1 Å². The second-order valence-electron chi connectivity index (χ2n) is 6.82. The van der Waals surface area contributed by atoms with E-state index in [1.54, 1.807) is 18.2 Å². The van der Waals surface area contributed by atoms with Crippen molar-refractivity contribution >= 4 is 56.6 Å². The van der Waals surface area contributed by atoms with Crippen LogP contribution >= 0.6 is 35.0 Å². The summed E-state index contributed by atoms with van der Waals surface area (Å²) >= 11 is 13.3. The highest BCUT2D eigenvalue weighted by Crippen LogP contribution is 2.38. The number of carboxylic acid groups (broad SMARTS) is 1. The Bertz CT molecular complexity index is 1070. The Morgan fingerprint density at radius 3 is 2.29 bits per heavy atom. The molecule has 0 atom stereocenters. The van der Waals surface area contributed by atoms with Gasteiger partial charge < -0.3 is 10.0 Å². The Morgan fingerprint density at radius 2 is 1.71 bits per heavy atom. The summed E-state index contributed by atoms with van der Waals surface area (Å²) in [6.45, 7) is 1.64. The number of halogens is 2. The van der Waals surface area contributed by atoms with E-state index in [1.165, 1.54) is 34.3 Å². The molecule has 0 spiro atoms. The number of sulfonamides is 1. The zero-order valence-corrected chi connectivity index (χ0v) is 19.3. The van der Waals surface area contributed by atoms with Crippen molar-refractivity contribution in [3.05, 3.63) is 51.4 Å². The molecule has 1 N–H and O–H groups in total. The molecule has 2 aromatic carbocycles. The maximum absolute atomic E-state index is 13.4. The quantitative estimate of drug-likeness (QED) is 0.534. The first-order valence-electron chi connectivity index (χ1n) is 9.24. The first kappa shape index (κ1) is 24.0. The van der Waals surface area contributed by atoms with E-state index >= 15 is 0 Å². The van der Waals surface area contributed by atoms with Crippen molar-refractivity contribution in [3.63, 3.8) is 0 Å². The number of hydrogen-bond acceptors (Lipinski definition) is 7. The Labute approximate surface area is 194 Å². The van der Waals surface area contributed by atoms with Crippen LogP contribution in [0, 0.1) is 4.91 Å². The van der Waals surface area contributed by atoms with E-state index in [0.29, 0.717) is 39.5 Å². The van der Waals surface area contributed by atoms with Gasteiger partial charge in [0, 0.05) is 52.6 Å². The molecule has 1 saturated heterocycles. The van der Waals surface area contributed by atoms with E-state index in [9.17, 15) is 18.1 Å². The lowest BCUT2D eigenvalue weighted by Gasteiger charge is -2.34. The van der Waals surface area contributed by atoms with Crippen molar-refractivity contribution in [2.75, 3.05) is 32.7 Å². The lowest BCUT2D eigenvalue weighted by molar-refractivity contribution is -0.137. The van der Waals surface area contributed by atoms with Gasteiger partial charge in [0.05, 0.1) is 11.3 Å². The molecule has 0 aliphatic carbocycles. The Hall–Kier alpha value is -1.69. The number of hydrogen-bond donors (Lipinski definition) is 1. The number of carbonyl (C=O) groups is 1. The second kappa shape index (κ2) is 10.3. The second-order valence-corrected chi connectivity index (χ2v) is 10.7. The number of carboxylic acids is 1. The smallest absolute Gasteiger partial charge is 0.304 e. The standard InChI is InChI=1S/C19H19Cl2N3O5S2/c20-13-9-14(21)11-16(10-13)30-17-2-1-15(22-27)12-18(17)31(28,29)24-7-5-23(6-8-24)4-3-19(25)26/h1-2,9-12H,3-8H2,(H,25,26). The molecule has 1 heterocycles. The van der Waals surface area contributed by atoms with Gasteiger partial charge >= 0.3 is 5.97 Å². The van der Waals surface area contributed by atoms with Crippen LogP contribution in [0.25, 0.3) is 0 Å². The van der Waals surface area contributed by atoms with Gasteiger partial charge in [-0.15, -0.1) is 4.91 Å². The molecule has 0 bridgehead atoms. The maximum Gasteiger partial charge on any atom is 0.304 e. The van der Waals surface area contributed by atoms with Gasteiger partial charge in [-0.25, -0.2) is 8.42 Å². The molecular formula is C19H19Cl2N3O5S2. The van der Waals surface area contributed by atoms with Crippen LogP contribution in [0.1, 0.15) is 6.42 Å². The van der Waals surface area contributed by atoms with Crippen molar-refractivity contribution in [3.8, 4) is 0 Å². The molecule has 0 unspecified atom stereocenters. The van der Waals surface area contributed by atoms with Gasteiger partial charge in [0.2, 0.25) is 10.0 Å². The fraction of sp³-hybridized carbons (Fsp3) is 0.316. The van der Waals surface area contributed by atoms with Gasteiger partial charge in [0.1, 0.15) is 5.69 Å². The highest BCUT2D eigenvalue weighted by Gasteiger charge is 2.31. The van der Waals surface area contributed by atoms with Crippen LogP contribution in [0.4, 0.5) is 5.69 Å². The zero-order chi connectivity index (χ0) is 22.6. The molecule has 8 nitrogen and oxygen atoms in total. The summed E-state index contributed by atoms with van der Waals surface area (Å²) in [6, 6.07) is 9.15. The topological polar surface area (TPSA) is 107 Å². The molecule has 0 amide bonds. The summed E-state index contributed by atoms with van der Waals surface area (Å²) in [4.78, 5) is 24.7. The van der Waals surface area contributed by atoms with Crippen LogP contribution in [-0.2, 0) is 14.8 Å². The Kier molecular flexibility index (Phi) is 7.95. The molecule has 12 heteroatoms.